The van der Waals surface area contributed by atoms with Crippen LogP contribution in [0.25, 0.3) is 0 Å². The monoisotopic (exact) mass is 389 g/mol. The number of ether oxygens (including phenoxy) is 3. The molecule has 27 heavy (non-hydrogen) atoms. The summed E-state index contributed by atoms with van der Waals surface area (Å²) >= 11 is 1.91. The molecule has 0 aliphatic carbocycles. The van der Waals surface area contributed by atoms with Gasteiger partial charge in [-0.05, 0) is 36.2 Å². The van der Waals surface area contributed by atoms with Crippen molar-refractivity contribution >= 4 is 11.8 Å². The average Bonchev–Trinajstić information content (AvgIpc) is 2.64. The number of hydrogen-bond acceptors (Lipinski definition) is 5. The maximum Gasteiger partial charge on any atom is 0.164 e. The lowest BCUT2D eigenvalue weighted by Gasteiger charge is -2.20. The van der Waals surface area contributed by atoms with Crippen molar-refractivity contribution < 1.29 is 14.2 Å². The number of benzene rings is 2. The molecule has 0 aliphatic rings. The second-order valence-corrected chi connectivity index (χ2v) is 9.14. The zero-order valence-electron chi connectivity index (χ0n) is 17.2. The van der Waals surface area contributed by atoms with Gasteiger partial charge in [-0.3, -0.25) is 0 Å². The first-order valence-electron chi connectivity index (χ1n) is 9.14. The minimum absolute atomic E-state index is 0.198. The van der Waals surface area contributed by atoms with Crippen molar-refractivity contribution in [3.63, 3.8) is 0 Å². The maximum atomic E-state index is 5.51. The third-order valence-corrected chi connectivity index (χ3v) is 5.29. The lowest BCUT2D eigenvalue weighted by Crippen LogP contribution is -2.18. The van der Waals surface area contributed by atoms with Gasteiger partial charge in [-0.15, -0.1) is 11.8 Å². The molecule has 0 atom stereocenters. The molecule has 0 saturated heterocycles. The largest absolute Gasteiger partial charge is 0.496 e. The molecule has 0 fully saturated rings. The van der Waals surface area contributed by atoms with Gasteiger partial charge in [-0.2, -0.15) is 0 Å². The molecule has 1 N–H and O–H groups in total. The van der Waals surface area contributed by atoms with Gasteiger partial charge in [0.1, 0.15) is 5.75 Å². The Hall–Kier alpha value is -1.85. The highest BCUT2D eigenvalue weighted by molar-refractivity contribution is 8.00. The van der Waals surface area contributed by atoms with Crippen molar-refractivity contribution in [3.05, 3.63) is 47.5 Å². The summed E-state index contributed by atoms with van der Waals surface area (Å²) in [6.45, 7) is 8.41. The highest BCUT2D eigenvalue weighted by Crippen LogP contribution is 2.35. The Morgan fingerprint density at radius 1 is 0.852 bits per heavy atom. The van der Waals surface area contributed by atoms with E-state index >= 15 is 0 Å². The zero-order chi connectivity index (χ0) is 19.9. The first-order chi connectivity index (χ1) is 12.9. The minimum Gasteiger partial charge on any atom is -0.496 e. The molecule has 2 aromatic carbocycles. The number of methoxy groups -OCH3 is 3. The molecule has 0 amide bonds. The second kappa shape index (κ2) is 9.90. The van der Waals surface area contributed by atoms with E-state index in [-0.39, 0.29) is 4.75 Å². The fourth-order valence-electron chi connectivity index (χ4n) is 2.81. The van der Waals surface area contributed by atoms with Crippen LogP contribution in [0.1, 0.15) is 31.9 Å². The maximum absolute atomic E-state index is 5.51. The number of thioether (sulfide) groups is 1. The highest BCUT2D eigenvalue weighted by atomic mass is 32.2. The van der Waals surface area contributed by atoms with Crippen LogP contribution in [0.15, 0.2) is 41.3 Å². The molecular weight excluding hydrogens is 358 g/mol. The topological polar surface area (TPSA) is 39.7 Å². The lowest BCUT2D eigenvalue weighted by atomic mass is 10.1. The SMILES string of the molecule is COc1cc(OC)c(OC)cc1CCNCc1ccccc1SC(C)(C)C. The van der Waals surface area contributed by atoms with Crippen LogP contribution in [0, 0.1) is 0 Å². The van der Waals surface area contributed by atoms with Crippen molar-refractivity contribution in [1.82, 2.24) is 5.32 Å². The summed E-state index contributed by atoms with van der Waals surface area (Å²) < 4.78 is 16.5. The van der Waals surface area contributed by atoms with Gasteiger partial charge in [0, 0.05) is 22.3 Å². The second-order valence-electron chi connectivity index (χ2n) is 7.27. The zero-order valence-corrected chi connectivity index (χ0v) is 18.0. The molecule has 0 heterocycles. The van der Waals surface area contributed by atoms with Crippen LogP contribution < -0.4 is 19.5 Å². The Bertz CT molecular complexity index is 741. The summed E-state index contributed by atoms with van der Waals surface area (Å²) in [6, 6.07) is 12.5. The van der Waals surface area contributed by atoms with Crippen molar-refractivity contribution in [3.8, 4) is 17.2 Å². The fourth-order valence-corrected chi connectivity index (χ4v) is 3.89. The minimum atomic E-state index is 0.198. The van der Waals surface area contributed by atoms with Crippen LogP contribution in [-0.4, -0.2) is 32.6 Å². The third-order valence-electron chi connectivity index (χ3n) is 4.06. The number of rotatable bonds is 9. The summed E-state index contributed by atoms with van der Waals surface area (Å²) in [4.78, 5) is 1.33. The van der Waals surface area contributed by atoms with Gasteiger partial charge in [0.25, 0.3) is 0 Å². The summed E-state index contributed by atoms with van der Waals surface area (Å²) in [6.07, 6.45) is 0.845. The molecule has 5 heteroatoms. The predicted octanol–water partition coefficient (Wildman–Crippen LogP) is 4.94. The standard InChI is InChI=1S/C22H31NO3S/c1-22(2,3)27-21-10-8-7-9-17(21)15-23-12-11-16-13-19(25-5)20(26-6)14-18(16)24-4/h7-10,13-14,23H,11-12,15H2,1-6H3. The van der Waals surface area contributed by atoms with Crippen LogP contribution >= 0.6 is 11.8 Å². The normalized spacial score (nSPS) is 11.3. The molecular formula is C22H31NO3S. The fraction of sp³-hybridized carbons (Fsp3) is 0.455. The van der Waals surface area contributed by atoms with E-state index in [1.54, 1.807) is 21.3 Å². The van der Waals surface area contributed by atoms with Crippen LogP contribution in [0.5, 0.6) is 17.2 Å². The van der Waals surface area contributed by atoms with E-state index in [2.05, 4.69) is 50.4 Å². The molecule has 2 aromatic rings. The Labute approximate surface area is 167 Å². The molecule has 0 aliphatic heterocycles. The van der Waals surface area contributed by atoms with E-state index < -0.39 is 0 Å². The van der Waals surface area contributed by atoms with E-state index in [4.69, 9.17) is 14.2 Å². The first-order valence-corrected chi connectivity index (χ1v) is 9.96. The Balaban J connectivity index is 2.00. The number of hydrogen-bond donors (Lipinski definition) is 1. The molecule has 0 radical (unpaired) electrons. The Morgan fingerprint density at radius 2 is 1.48 bits per heavy atom. The van der Waals surface area contributed by atoms with Gasteiger partial charge >= 0.3 is 0 Å². The molecule has 0 aromatic heterocycles. The van der Waals surface area contributed by atoms with Crippen LogP contribution in [0.3, 0.4) is 0 Å². The van der Waals surface area contributed by atoms with Gasteiger partial charge < -0.3 is 19.5 Å². The van der Waals surface area contributed by atoms with E-state index in [1.807, 2.05) is 23.9 Å². The molecule has 0 spiro atoms. The summed E-state index contributed by atoms with van der Waals surface area (Å²) in [7, 11) is 4.96. The van der Waals surface area contributed by atoms with Crippen LogP contribution in [0.2, 0.25) is 0 Å². The van der Waals surface area contributed by atoms with E-state index in [1.165, 1.54) is 10.5 Å². The molecule has 2 rings (SSSR count). The van der Waals surface area contributed by atoms with Crippen molar-refractivity contribution in [2.24, 2.45) is 0 Å². The first kappa shape index (κ1) is 21.5. The Kier molecular flexibility index (Phi) is 7.87. The lowest BCUT2D eigenvalue weighted by molar-refractivity contribution is 0.347. The van der Waals surface area contributed by atoms with E-state index in [0.717, 1.165) is 36.6 Å². The smallest absolute Gasteiger partial charge is 0.164 e. The van der Waals surface area contributed by atoms with Crippen molar-refractivity contribution in [1.29, 1.82) is 0 Å². The molecule has 148 valence electrons. The van der Waals surface area contributed by atoms with Gasteiger partial charge in [-0.1, -0.05) is 39.0 Å². The molecule has 0 bridgehead atoms. The highest BCUT2D eigenvalue weighted by Gasteiger charge is 2.15. The van der Waals surface area contributed by atoms with Gasteiger partial charge in [0.15, 0.2) is 11.5 Å². The van der Waals surface area contributed by atoms with Crippen molar-refractivity contribution in [2.45, 2.75) is 43.4 Å². The predicted molar refractivity (Wildman–Crippen MR) is 114 cm³/mol. The van der Waals surface area contributed by atoms with E-state index in [0.29, 0.717) is 5.75 Å². The summed E-state index contributed by atoms with van der Waals surface area (Å²) in [5.41, 5.74) is 2.43. The number of nitrogens with one attached hydrogen (secondary N) is 1. The molecule has 0 unspecified atom stereocenters. The Morgan fingerprint density at radius 3 is 2.11 bits per heavy atom. The summed E-state index contributed by atoms with van der Waals surface area (Å²) in [5, 5.41) is 3.55. The van der Waals surface area contributed by atoms with Gasteiger partial charge in [0.05, 0.1) is 21.3 Å². The van der Waals surface area contributed by atoms with Gasteiger partial charge in [0.2, 0.25) is 0 Å². The quantitative estimate of drug-likeness (QED) is 0.486. The third kappa shape index (κ3) is 6.36. The van der Waals surface area contributed by atoms with Crippen molar-refractivity contribution in [2.75, 3.05) is 27.9 Å². The van der Waals surface area contributed by atoms with E-state index in [9.17, 15) is 0 Å². The average molecular weight is 390 g/mol. The summed E-state index contributed by atoms with van der Waals surface area (Å²) in [5.74, 6) is 2.22. The van der Waals surface area contributed by atoms with Gasteiger partial charge in [-0.25, -0.2) is 0 Å². The van der Waals surface area contributed by atoms with Crippen LogP contribution in [0.4, 0.5) is 0 Å². The van der Waals surface area contributed by atoms with Crippen LogP contribution in [-0.2, 0) is 13.0 Å². The molecule has 4 nitrogen and oxygen atoms in total. The molecule has 0 saturated carbocycles.